The first-order valence-corrected chi connectivity index (χ1v) is 22.1. The van der Waals surface area contributed by atoms with Gasteiger partial charge in [-0.25, -0.2) is 18.2 Å². The number of aliphatic imine (C=N–C) groups is 1. The molecule has 57 heavy (non-hydrogen) atoms. The molecule has 0 aromatic heterocycles. The summed E-state index contributed by atoms with van der Waals surface area (Å²) in [7, 11) is -2.27. The van der Waals surface area contributed by atoms with E-state index in [9.17, 15) is 27.6 Å². The topological polar surface area (TPSA) is 182 Å². The number of nitrogens with zero attached hydrogens (tertiary/aromatic N) is 2. The van der Waals surface area contributed by atoms with E-state index in [0.717, 1.165) is 54.8 Å². The van der Waals surface area contributed by atoms with Crippen LogP contribution in [0.25, 0.3) is 0 Å². The van der Waals surface area contributed by atoms with Gasteiger partial charge in [-0.05, 0) is 105 Å². The molecule has 0 radical (unpaired) electrons. The molecule has 3 aliphatic heterocycles. The van der Waals surface area contributed by atoms with Crippen LogP contribution in [-0.2, 0) is 40.3 Å². The first-order chi connectivity index (χ1) is 27.1. The monoisotopic (exact) mass is 807 g/mol. The Morgan fingerprint density at radius 3 is 2.54 bits per heavy atom. The smallest absolute Gasteiger partial charge is 0.408 e. The summed E-state index contributed by atoms with van der Waals surface area (Å²) in [6, 6.07) is 3.69. The second kappa shape index (κ2) is 16.1. The third-order valence-corrected chi connectivity index (χ3v) is 14.2. The molecule has 4 amide bonds. The lowest BCUT2D eigenvalue weighted by Gasteiger charge is -2.47. The number of hydrogen-bond donors (Lipinski definition) is 3. The van der Waals surface area contributed by atoms with Crippen molar-refractivity contribution < 1.29 is 41.8 Å². The van der Waals surface area contributed by atoms with Crippen molar-refractivity contribution in [1.29, 1.82) is 0 Å². The molecule has 310 valence electrons. The second-order valence-electron chi connectivity index (χ2n) is 17.6. The molecule has 2 saturated heterocycles. The lowest BCUT2D eigenvalue weighted by atomic mass is 9.66. The minimum Gasteiger partial charge on any atom is -0.497 e. The maximum atomic E-state index is 14.7. The molecular formula is C42H57N5O9S. The van der Waals surface area contributed by atoms with Crippen molar-refractivity contribution in [3.63, 3.8) is 0 Å². The fourth-order valence-corrected chi connectivity index (χ4v) is 9.93. The molecule has 6 aliphatic rings. The Balaban J connectivity index is 1.21. The Kier molecular flexibility index (Phi) is 11.5. The van der Waals surface area contributed by atoms with E-state index in [1.165, 1.54) is 4.90 Å². The van der Waals surface area contributed by atoms with Crippen LogP contribution in [0.5, 0.6) is 5.75 Å². The van der Waals surface area contributed by atoms with Gasteiger partial charge in [0.25, 0.3) is 5.91 Å². The molecule has 3 N–H and O–H groups in total. The van der Waals surface area contributed by atoms with E-state index >= 15 is 0 Å². The molecule has 7 atom stereocenters. The van der Waals surface area contributed by atoms with Crippen LogP contribution in [0.4, 0.5) is 10.5 Å². The zero-order valence-corrected chi connectivity index (χ0v) is 34.3. The number of amides is 4. The fourth-order valence-electron chi connectivity index (χ4n) is 8.57. The maximum absolute atomic E-state index is 14.7. The van der Waals surface area contributed by atoms with E-state index in [0.29, 0.717) is 44.3 Å². The fraction of sp³-hybridized carbons (Fsp3) is 0.643. The molecule has 5 fully saturated rings. The van der Waals surface area contributed by atoms with Crippen molar-refractivity contribution in [1.82, 2.24) is 20.3 Å². The predicted molar refractivity (Wildman–Crippen MR) is 213 cm³/mol. The Labute approximate surface area is 335 Å². The molecular weight excluding hydrogens is 751 g/mol. The first kappa shape index (κ1) is 40.8. The molecule has 7 rings (SSSR count). The molecule has 3 aliphatic carbocycles. The highest BCUT2D eigenvalue weighted by atomic mass is 32.2. The normalized spacial score (nSPS) is 30.8. The highest BCUT2D eigenvalue weighted by Gasteiger charge is 2.56. The average Bonchev–Trinajstić information content (AvgIpc) is 4.08. The van der Waals surface area contributed by atoms with E-state index in [2.05, 4.69) is 21.9 Å². The molecule has 3 heterocycles. The summed E-state index contributed by atoms with van der Waals surface area (Å²) in [6.45, 7) is 9.38. The number of benzene rings is 1. The standard InChI is InChI=1S/C42H57N5O9S/c1-6-27-19-20-42(27,39(50)46-57(52,53)30-16-17-30)45-37(48)33-23-29-24-47(33)38(49)36(41(2,3)4)44-40(51)56-35-22-26(35)11-8-7-9-13-32-34(55-29)14-10-12-25-21-28(54-5)15-18-31(25)43-32/h6,14-15,18,21,26-27,29-30,33,35-36H,1,7-13,16-17,19-20,22-24H2,2-5H3,(H,44,51)(H,45,48)(H,46,50). The summed E-state index contributed by atoms with van der Waals surface area (Å²) >= 11 is 0. The molecule has 1 aromatic rings. The lowest BCUT2D eigenvalue weighted by molar-refractivity contribution is -0.145. The Morgan fingerprint density at radius 2 is 1.86 bits per heavy atom. The van der Waals surface area contributed by atoms with Crippen molar-refractivity contribution in [2.24, 2.45) is 22.2 Å². The lowest BCUT2D eigenvalue weighted by Crippen LogP contribution is -2.70. The van der Waals surface area contributed by atoms with Gasteiger partial charge in [0.05, 0.1) is 30.3 Å². The van der Waals surface area contributed by atoms with Crippen LogP contribution >= 0.6 is 0 Å². The van der Waals surface area contributed by atoms with Gasteiger partial charge < -0.3 is 29.7 Å². The quantitative estimate of drug-likeness (QED) is 0.315. The van der Waals surface area contributed by atoms with Gasteiger partial charge in [-0.1, -0.05) is 39.7 Å². The van der Waals surface area contributed by atoms with E-state index < -0.39 is 74.1 Å². The van der Waals surface area contributed by atoms with Crippen molar-refractivity contribution in [3.8, 4) is 5.75 Å². The number of methoxy groups -OCH3 is 1. The first-order valence-electron chi connectivity index (χ1n) is 20.5. The Morgan fingerprint density at radius 1 is 1.07 bits per heavy atom. The summed E-state index contributed by atoms with van der Waals surface area (Å²) in [4.78, 5) is 63.0. The number of ether oxygens (including phenoxy) is 3. The van der Waals surface area contributed by atoms with Crippen LogP contribution < -0.4 is 20.1 Å². The van der Waals surface area contributed by atoms with Crippen LogP contribution in [0.3, 0.4) is 0 Å². The maximum Gasteiger partial charge on any atom is 0.408 e. The van der Waals surface area contributed by atoms with Crippen LogP contribution in [0.15, 0.2) is 47.7 Å². The third-order valence-electron chi connectivity index (χ3n) is 12.4. The number of allylic oxidation sites excluding steroid dienone is 2. The largest absolute Gasteiger partial charge is 0.497 e. The number of fused-ring (bicyclic) bond motifs is 5. The Hall–Kier alpha value is -4.40. The Bertz CT molecular complexity index is 1950. The van der Waals surface area contributed by atoms with Crippen LogP contribution in [0, 0.1) is 17.3 Å². The third kappa shape index (κ3) is 8.87. The second-order valence-corrected chi connectivity index (χ2v) is 19.6. The molecule has 0 spiro atoms. The van der Waals surface area contributed by atoms with Gasteiger partial charge >= 0.3 is 6.09 Å². The summed E-state index contributed by atoms with van der Waals surface area (Å²) in [6.07, 6.45) is 10.3. The minimum absolute atomic E-state index is 0.0173. The number of aryl methyl sites for hydroxylation is 1. The van der Waals surface area contributed by atoms with Gasteiger partial charge in [-0.3, -0.25) is 19.1 Å². The van der Waals surface area contributed by atoms with E-state index in [4.69, 9.17) is 19.2 Å². The summed E-state index contributed by atoms with van der Waals surface area (Å²) < 4.78 is 46.0. The van der Waals surface area contributed by atoms with Crippen molar-refractivity contribution >= 4 is 45.2 Å². The molecule has 14 nitrogen and oxygen atoms in total. The number of carbonyl (C=O) groups is 4. The van der Waals surface area contributed by atoms with E-state index in [1.807, 2.05) is 45.0 Å². The average molecular weight is 808 g/mol. The highest BCUT2D eigenvalue weighted by molar-refractivity contribution is 7.91. The van der Waals surface area contributed by atoms with E-state index in [1.54, 1.807) is 13.2 Å². The van der Waals surface area contributed by atoms with Gasteiger partial charge in [0, 0.05) is 12.3 Å². The number of carbonyl (C=O) groups excluding carboxylic acids is 4. The van der Waals surface area contributed by atoms with Gasteiger partial charge in [0.15, 0.2) is 0 Å². The minimum atomic E-state index is -3.91. The van der Waals surface area contributed by atoms with Crippen LogP contribution in [0.2, 0.25) is 0 Å². The number of hydrogen-bond acceptors (Lipinski definition) is 10. The van der Waals surface area contributed by atoms with Crippen molar-refractivity contribution in [2.75, 3.05) is 13.7 Å². The molecule has 15 heteroatoms. The summed E-state index contributed by atoms with van der Waals surface area (Å²) in [5.41, 5.74) is 0.353. The summed E-state index contributed by atoms with van der Waals surface area (Å²) in [5, 5.41) is 5.10. The summed E-state index contributed by atoms with van der Waals surface area (Å²) in [5.74, 6) is -0.816. The van der Waals surface area contributed by atoms with Gasteiger partial charge in [0.2, 0.25) is 21.8 Å². The molecule has 7 unspecified atom stereocenters. The molecule has 1 aromatic carbocycles. The number of rotatable bonds is 7. The van der Waals surface area contributed by atoms with Crippen LogP contribution in [0.1, 0.15) is 103 Å². The number of alkyl carbamates (subject to hydrolysis) is 1. The zero-order valence-electron chi connectivity index (χ0n) is 33.5. The predicted octanol–water partition coefficient (Wildman–Crippen LogP) is 5.14. The van der Waals surface area contributed by atoms with Gasteiger partial charge in [-0.15, -0.1) is 6.58 Å². The van der Waals surface area contributed by atoms with E-state index in [-0.39, 0.29) is 31.4 Å². The van der Waals surface area contributed by atoms with Gasteiger partial charge in [-0.2, -0.15) is 0 Å². The molecule has 2 bridgehead atoms. The van der Waals surface area contributed by atoms with Crippen molar-refractivity contribution in [2.45, 2.75) is 139 Å². The van der Waals surface area contributed by atoms with Gasteiger partial charge in [0.1, 0.15) is 41.3 Å². The molecule has 3 saturated carbocycles. The zero-order chi connectivity index (χ0) is 40.7. The highest BCUT2D eigenvalue weighted by Crippen LogP contribution is 2.42. The van der Waals surface area contributed by atoms with Crippen molar-refractivity contribution in [3.05, 3.63) is 48.3 Å². The number of nitrogens with one attached hydrogen (secondary N) is 3. The van der Waals surface area contributed by atoms with Crippen LogP contribution in [-0.4, -0.2) is 91.6 Å². The number of sulfonamides is 1. The SMILES string of the molecule is C=CC1CCC1(NC(=O)C1CC2CN1C(=O)C(C(C)(C)C)NC(=O)OC1CC1CCCCCC1=Nc3ccc(OC)cc3CCC=C1O2)C(=O)NS(=O)(=O)C1CC1.